The Hall–Kier alpha value is -1.34. The van der Waals surface area contributed by atoms with Crippen LogP contribution in [0, 0.1) is 5.92 Å². The fourth-order valence-electron chi connectivity index (χ4n) is 5.61. The lowest BCUT2D eigenvalue weighted by Crippen LogP contribution is -2.62. The SMILES string of the molecule is CC(C)C1=CCC(S(=O)(=O)N2CCN=C2N2C3CCC2CN(C2CCC2)C3)C=C1. The quantitative estimate of drug-likeness (QED) is 0.704. The Labute approximate surface area is 175 Å². The van der Waals surface area contributed by atoms with E-state index >= 15 is 0 Å². The van der Waals surface area contributed by atoms with Crippen molar-refractivity contribution in [2.24, 2.45) is 10.9 Å². The first-order chi connectivity index (χ1) is 13.9. The summed E-state index contributed by atoms with van der Waals surface area (Å²) in [6, 6.07) is 1.59. The van der Waals surface area contributed by atoms with Gasteiger partial charge in [-0.15, -0.1) is 0 Å². The van der Waals surface area contributed by atoms with Crippen molar-refractivity contribution < 1.29 is 8.42 Å². The molecule has 3 atom stereocenters. The van der Waals surface area contributed by atoms with Gasteiger partial charge in [0.15, 0.2) is 0 Å². The molecule has 7 heteroatoms. The van der Waals surface area contributed by atoms with Crippen molar-refractivity contribution in [3.05, 3.63) is 23.8 Å². The lowest BCUT2D eigenvalue weighted by atomic mass is 9.90. The zero-order valence-corrected chi connectivity index (χ0v) is 18.5. The highest BCUT2D eigenvalue weighted by molar-refractivity contribution is 7.90. The molecule has 29 heavy (non-hydrogen) atoms. The van der Waals surface area contributed by atoms with E-state index in [9.17, 15) is 8.42 Å². The summed E-state index contributed by atoms with van der Waals surface area (Å²) in [5, 5.41) is -0.470. The van der Waals surface area contributed by atoms with Crippen molar-refractivity contribution in [3.8, 4) is 0 Å². The van der Waals surface area contributed by atoms with Crippen molar-refractivity contribution in [2.45, 2.75) is 75.7 Å². The summed E-state index contributed by atoms with van der Waals surface area (Å²) >= 11 is 0. The molecule has 5 rings (SSSR count). The van der Waals surface area contributed by atoms with Crippen molar-refractivity contribution in [1.82, 2.24) is 14.1 Å². The van der Waals surface area contributed by atoms with E-state index in [1.54, 1.807) is 4.31 Å². The minimum atomic E-state index is -3.44. The first-order valence-corrected chi connectivity index (χ1v) is 12.9. The van der Waals surface area contributed by atoms with Crippen LogP contribution in [0.3, 0.4) is 0 Å². The molecule has 2 bridgehead atoms. The highest BCUT2D eigenvalue weighted by Gasteiger charge is 2.48. The summed E-state index contributed by atoms with van der Waals surface area (Å²) in [6.07, 6.45) is 12.9. The highest BCUT2D eigenvalue weighted by atomic mass is 32.2. The van der Waals surface area contributed by atoms with Crippen LogP contribution >= 0.6 is 0 Å². The maximum absolute atomic E-state index is 13.5. The monoisotopic (exact) mass is 418 g/mol. The summed E-state index contributed by atoms with van der Waals surface area (Å²) < 4.78 is 28.7. The number of aliphatic imine (C=N–C) groups is 1. The largest absolute Gasteiger partial charge is 0.333 e. The molecule has 1 saturated carbocycles. The van der Waals surface area contributed by atoms with E-state index in [1.165, 1.54) is 24.8 Å². The Morgan fingerprint density at radius 1 is 1.07 bits per heavy atom. The van der Waals surface area contributed by atoms with Gasteiger partial charge in [-0.05, 0) is 43.6 Å². The fourth-order valence-corrected chi connectivity index (χ4v) is 7.27. The van der Waals surface area contributed by atoms with Crippen LogP contribution in [0.1, 0.15) is 52.4 Å². The van der Waals surface area contributed by atoms with E-state index in [0.29, 0.717) is 37.5 Å². The molecule has 160 valence electrons. The number of likely N-dealkylation sites (tertiary alicyclic amines) is 1. The molecule has 0 radical (unpaired) electrons. The minimum Gasteiger partial charge on any atom is -0.333 e. The van der Waals surface area contributed by atoms with Gasteiger partial charge < -0.3 is 4.90 Å². The lowest BCUT2D eigenvalue weighted by molar-refractivity contribution is 0.0466. The third kappa shape index (κ3) is 3.34. The van der Waals surface area contributed by atoms with Gasteiger partial charge in [0.2, 0.25) is 16.0 Å². The average Bonchev–Trinajstić information content (AvgIpc) is 3.23. The molecule has 0 N–H and O–H groups in total. The van der Waals surface area contributed by atoms with Gasteiger partial charge in [-0.2, -0.15) is 0 Å². The van der Waals surface area contributed by atoms with Crippen molar-refractivity contribution in [1.29, 1.82) is 0 Å². The average molecular weight is 419 g/mol. The summed E-state index contributed by atoms with van der Waals surface area (Å²) in [7, 11) is -3.44. The van der Waals surface area contributed by atoms with E-state index in [0.717, 1.165) is 37.9 Å². The topological polar surface area (TPSA) is 56.2 Å². The number of allylic oxidation sites excluding steroid dienone is 3. The second kappa shape index (κ2) is 7.41. The number of hydrogen-bond acceptors (Lipinski definition) is 5. The number of guanidine groups is 1. The number of piperazine rings is 1. The Morgan fingerprint density at radius 2 is 1.79 bits per heavy atom. The zero-order valence-electron chi connectivity index (χ0n) is 17.7. The third-order valence-electron chi connectivity index (χ3n) is 7.56. The maximum atomic E-state index is 13.5. The van der Waals surface area contributed by atoms with E-state index in [-0.39, 0.29) is 0 Å². The highest BCUT2D eigenvalue weighted by Crippen LogP contribution is 2.37. The Morgan fingerprint density at radius 3 is 2.34 bits per heavy atom. The van der Waals surface area contributed by atoms with E-state index in [2.05, 4.69) is 29.7 Å². The third-order valence-corrected chi connectivity index (χ3v) is 9.63. The minimum absolute atomic E-state index is 0.415. The van der Waals surface area contributed by atoms with Crippen LogP contribution in [0.5, 0.6) is 0 Å². The van der Waals surface area contributed by atoms with Gasteiger partial charge in [0.1, 0.15) is 5.25 Å². The van der Waals surface area contributed by atoms with Crippen LogP contribution in [0.15, 0.2) is 28.8 Å². The Balaban J connectivity index is 1.32. The summed E-state index contributed by atoms with van der Waals surface area (Å²) in [5.74, 6) is 1.17. The lowest BCUT2D eigenvalue weighted by Gasteiger charge is -2.48. The van der Waals surface area contributed by atoms with Gasteiger partial charge in [-0.1, -0.05) is 38.5 Å². The first kappa shape index (κ1) is 19.6. The van der Waals surface area contributed by atoms with Crippen molar-refractivity contribution >= 4 is 16.0 Å². The second-order valence-corrected chi connectivity index (χ2v) is 11.7. The van der Waals surface area contributed by atoms with E-state index in [4.69, 9.17) is 4.99 Å². The molecule has 2 saturated heterocycles. The first-order valence-electron chi connectivity index (χ1n) is 11.4. The predicted octanol–water partition coefficient (Wildman–Crippen LogP) is 2.60. The molecule has 3 aliphatic heterocycles. The molecule has 0 aromatic heterocycles. The van der Waals surface area contributed by atoms with Crippen LogP contribution < -0.4 is 0 Å². The molecule has 2 aliphatic carbocycles. The van der Waals surface area contributed by atoms with Crippen molar-refractivity contribution in [3.63, 3.8) is 0 Å². The van der Waals surface area contributed by atoms with Gasteiger partial charge in [0.05, 0.1) is 13.1 Å². The zero-order chi connectivity index (χ0) is 20.2. The van der Waals surface area contributed by atoms with E-state index in [1.807, 2.05) is 12.2 Å². The molecule has 5 aliphatic rings. The van der Waals surface area contributed by atoms with Gasteiger partial charge in [-0.25, -0.2) is 12.7 Å². The maximum Gasteiger partial charge on any atom is 0.244 e. The van der Waals surface area contributed by atoms with E-state index < -0.39 is 15.3 Å². The van der Waals surface area contributed by atoms with Crippen molar-refractivity contribution in [2.75, 3.05) is 26.2 Å². The van der Waals surface area contributed by atoms with Crippen LogP contribution in [0.4, 0.5) is 0 Å². The number of rotatable bonds is 4. The molecular formula is C22H34N4O2S. The second-order valence-electron chi connectivity index (χ2n) is 9.62. The molecular weight excluding hydrogens is 384 g/mol. The number of hydrogen-bond donors (Lipinski definition) is 0. The molecule has 0 spiro atoms. The number of sulfonamides is 1. The Kier molecular flexibility index (Phi) is 5.01. The van der Waals surface area contributed by atoms with Gasteiger partial charge in [0.25, 0.3) is 0 Å². The summed E-state index contributed by atoms with van der Waals surface area (Å²) in [6.45, 7) is 7.51. The van der Waals surface area contributed by atoms with Gasteiger partial charge in [-0.3, -0.25) is 9.89 Å². The van der Waals surface area contributed by atoms with Crippen LogP contribution in [-0.4, -0.2) is 78.0 Å². The number of nitrogens with zero attached hydrogens (tertiary/aromatic N) is 4. The van der Waals surface area contributed by atoms with Crippen LogP contribution in [0.2, 0.25) is 0 Å². The fraction of sp³-hybridized carbons (Fsp3) is 0.773. The molecule has 3 fully saturated rings. The molecule has 3 heterocycles. The summed E-state index contributed by atoms with van der Waals surface area (Å²) in [4.78, 5) is 9.76. The molecule has 6 nitrogen and oxygen atoms in total. The van der Waals surface area contributed by atoms with Gasteiger partial charge in [0, 0.05) is 31.2 Å². The van der Waals surface area contributed by atoms with Crippen LogP contribution in [0.25, 0.3) is 0 Å². The normalized spacial score (nSPS) is 33.3. The van der Waals surface area contributed by atoms with Gasteiger partial charge >= 0.3 is 0 Å². The number of fused-ring (bicyclic) bond motifs is 2. The standard InChI is InChI=1S/C22H34N4O2S/c1-16(2)17-6-10-21(11-7-17)29(27,28)25-13-12-23-22(25)26-19-8-9-20(26)15-24(14-19)18-4-3-5-18/h6-7,10,16,18-21H,3-5,8-9,11-15H2,1-2H3. The predicted molar refractivity (Wildman–Crippen MR) is 116 cm³/mol. The van der Waals surface area contributed by atoms with Crippen LogP contribution in [-0.2, 0) is 10.0 Å². The molecule has 0 aromatic rings. The molecule has 3 unspecified atom stereocenters. The summed E-state index contributed by atoms with van der Waals surface area (Å²) in [5.41, 5.74) is 1.23. The Bertz CT molecular complexity index is 829. The molecule has 0 amide bonds. The smallest absolute Gasteiger partial charge is 0.244 e. The molecule has 0 aromatic carbocycles.